The lowest BCUT2D eigenvalue weighted by molar-refractivity contribution is -0.138. The third kappa shape index (κ3) is 6.73. The molecule has 4 N–H and O–H groups in total. The molecule has 1 aromatic heterocycles. The lowest BCUT2D eigenvalue weighted by atomic mass is 9.85. The molecule has 0 aliphatic heterocycles. The van der Waals surface area contributed by atoms with Crippen LogP contribution in [0.5, 0.6) is 0 Å². The number of carboxylic acid groups (broad SMARTS) is 1. The number of carbonyl (C=O) groups is 2. The summed E-state index contributed by atoms with van der Waals surface area (Å²) in [6.07, 6.45) is 2.75. The van der Waals surface area contributed by atoms with Gasteiger partial charge in [0.25, 0.3) is 0 Å². The van der Waals surface area contributed by atoms with Crippen molar-refractivity contribution in [2.45, 2.75) is 46.1 Å². The van der Waals surface area contributed by atoms with Crippen LogP contribution >= 0.6 is 0 Å². The normalized spacial score (nSPS) is 12.7. The number of nitrogens with one attached hydrogen (secondary N) is 3. The van der Waals surface area contributed by atoms with Crippen molar-refractivity contribution in [2.24, 2.45) is 5.41 Å². The van der Waals surface area contributed by atoms with E-state index >= 15 is 0 Å². The monoisotopic (exact) mass is 297 g/mol. The van der Waals surface area contributed by atoms with Crippen LogP contribution in [0.2, 0.25) is 0 Å². The summed E-state index contributed by atoms with van der Waals surface area (Å²) in [7, 11) is 0. The van der Waals surface area contributed by atoms with E-state index in [-0.39, 0.29) is 17.9 Å². The van der Waals surface area contributed by atoms with E-state index in [1.807, 2.05) is 20.8 Å². The van der Waals surface area contributed by atoms with Crippen molar-refractivity contribution in [1.82, 2.24) is 25.8 Å². The fourth-order valence-electron chi connectivity index (χ4n) is 1.77. The molecule has 0 saturated carbocycles. The third-order valence-electron chi connectivity index (χ3n) is 3.07. The number of nitrogens with zero attached hydrogens (tertiary/aromatic N) is 2. The number of aromatic nitrogens is 3. The summed E-state index contributed by atoms with van der Waals surface area (Å²) < 4.78 is 0. The van der Waals surface area contributed by atoms with E-state index in [4.69, 9.17) is 5.11 Å². The Morgan fingerprint density at radius 2 is 2.14 bits per heavy atom. The Bertz CT molecular complexity index is 453. The highest BCUT2D eigenvalue weighted by molar-refractivity contribution is 5.75. The Hall–Kier alpha value is -2.12. The van der Waals surface area contributed by atoms with E-state index in [0.29, 0.717) is 13.0 Å². The van der Waals surface area contributed by atoms with Gasteiger partial charge in [0.2, 0.25) is 0 Å². The molecule has 21 heavy (non-hydrogen) atoms. The number of hydrogen-bond donors (Lipinski definition) is 4. The molecular formula is C13H23N5O3. The first-order chi connectivity index (χ1) is 9.79. The fraction of sp³-hybridized carbons (Fsp3) is 0.692. The number of carbonyl (C=O) groups excluding carboxylic acids is 1. The van der Waals surface area contributed by atoms with Crippen LogP contribution in [0.25, 0.3) is 0 Å². The maximum Gasteiger partial charge on any atom is 0.315 e. The van der Waals surface area contributed by atoms with Crippen molar-refractivity contribution in [3.05, 3.63) is 12.2 Å². The minimum atomic E-state index is -0.930. The summed E-state index contributed by atoms with van der Waals surface area (Å²) in [5, 5.41) is 20.8. The van der Waals surface area contributed by atoms with Gasteiger partial charge in [0.05, 0.1) is 6.42 Å². The summed E-state index contributed by atoms with van der Waals surface area (Å²) in [5.41, 5.74) is -0.324. The van der Waals surface area contributed by atoms with Gasteiger partial charge in [0, 0.05) is 19.0 Å². The topological polar surface area (TPSA) is 120 Å². The number of aliphatic carboxylic acids is 1. The minimum Gasteiger partial charge on any atom is -0.481 e. The molecule has 0 saturated heterocycles. The molecule has 0 bridgehead atoms. The molecule has 0 aliphatic rings. The zero-order chi connectivity index (χ0) is 15.9. The van der Waals surface area contributed by atoms with Crippen LogP contribution in [-0.2, 0) is 11.2 Å². The van der Waals surface area contributed by atoms with Gasteiger partial charge in [-0.3, -0.25) is 9.89 Å². The van der Waals surface area contributed by atoms with Crippen molar-refractivity contribution >= 4 is 12.0 Å². The lowest BCUT2D eigenvalue weighted by Gasteiger charge is -2.30. The van der Waals surface area contributed by atoms with Crippen LogP contribution in [-0.4, -0.2) is 44.9 Å². The van der Waals surface area contributed by atoms with Gasteiger partial charge in [-0.05, 0) is 11.8 Å². The molecule has 1 atom stereocenters. The van der Waals surface area contributed by atoms with Crippen molar-refractivity contribution in [3.63, 3.8) is 0 Å². The van der Waals surface area contributed by atoms with Gasteiger partial charge >= 0.3 is 12.0 Å². The molecule has 2 amide bonds. The zero-order valence-electron chi connectivity index (χ0n) is 12.6. The van der Waals surface area contributed by atoms with E-state index in [0.717, 1.165) is 12.2 Å². The fourth-order valence-corrected chi connectivity index (χ4v) is 1.77. The predicted octanol–water partition coefficient (Wildman–Crippen LogP) is 0.926. The van der Waals surface area contributed by atoms with Gasteiger partial charge in [0.1, 0.15) is 12.2 Å². The van der Waals surface area contributed by atoms with Crippen LogP contribution in [0.15, 0.2) is 6.33 Å². The molecule has 8 nitrogen and oxygen atoms in total. The van der Waals surface area contributed by atoms with Crippen molar-refractivity contribution < 1.29 is 14.7 Å². The maximum atomic E-state index is 11.8. The average molecular weight is 297 g/mol. The Morgan fingerprint density at radius 3 is 2.67 bits per heavy atom. The van der Waals surface area contributed by atoms with E-state index in [1.165, 1.54) is 6.33 Å². The molecule has 0 aliphatic carbocycles. The molecule has 0 spiro atoms. The maximum absolute atomic E-state index is 11.8. The SMILES string of the molecule is CC(C)(C)C(CC(=O)O)NC(=O)NCCCc1ncn[nH]1. The van der Waals surface area contributed by atoms with Crippen molar-refractivity contribution in [1.29, 1.82) is 0 Å². The number of urea groups is 1. The molecule has 0 radical (unpaired) electrons. The number of aryl methyl sites for hydroxylation is 1. The molecule has 1 unspecified atom stereocenters. The Labute approximate surface area is 123 Å². The van der Waals surface area contributed by atoms with Gasteiger partial charge < -0.3 is 15.7 Å². The Kier molecular flexibility index (Phi) is 6.13. The molecule has 118 valence electrons. The van der Waals surface area contributed by atoms with E-state index < -0.39 is 12.0 Å². The van der Waals surface area contributed by atoms with Gasteiger partial charge in [-0.25, -0.2) is 9.78 Å². The van der Waals surface area contributed by atoms with Crippen molar-refractivity contribution in [2.75, 3.05) is 6.54 Å². The number of aromatic amines is 1. The van der Waals surface area contributed by atoms with Gasteiger partial charge in [-0.2, -0.15) is 5.10 Å². The zero-order valence-corrected chi connectivity index (χ0v) is 12.6. The highest BCUT2D eigenvalue weighted by Crippen LogP contribution is 2.21. The summed E-state index contributed by atoms with van der Waals surface area (Å²) in [6.45, 7) is 6.16. The van der Waals surface area contributed by atoms with Gasteiger partial charge in [0.15, 0.2) is 0 Å². The number of hydrogen-bond acceptors (Lipinski definition) is 4. The lowest BCUT2D eigenvalue weighted by Crippen LogP contribution is -2.49. The quantitative estimate of drug-likeness (QED) is 0.558. The summed E-state index contributed by atoms with van der Waals surface area (Å²) in [4.78, 5) is 26.6. The van der Waals surface area contributed by atoms with E-state index in [9.17, 15) is 9.59 Å². The van der Waals surface area contributed by atoms with E-state index in [2.05, 4.69) is 25.8 Å². The second-order valence-electron chi connectivity index (χ2n) is 5.95. The molecule has 1 aromatic rings. The van der Waals surface area contributed by atoms with E-state index in [1.54, 1.807) is 0 Å². The van der Waals surface area contributed by atoms with Gasteiger partial charge in [-0.15, -0.1) is 0 Å². The second kappa shape index (κ2) is 7.61. The number of carboxylic acids is 1. The second-order valence-corrected chi connectivity index (χ2v) is 5.95. The van der Waals surface area contributed by atoms with Crippen LogP contribution in [0, 0.1) is 5.41 Å². The van der Waals surface area contributed by atoms with Crippen LogP contribution in [0.4, 0.5) is 4.79 Å². The molecule has 0 fully saturated rings. The van der Waals surface area contributed by atoms with Crippen molar-refractivity contribution in [3.8, 4) is 0 Å². The van der Waals surface area contributed by atoms with Crippen LogP contribution < -0.4 is 10.6 Å². The first-order valence-corrected chi connectivity index (χ1v) is 6.89. The van der Waals surface area contributed by atoms with Crippen LogP contribution in [0.1, 0.15) is 39.4 Å². The Morgan fingerprint density at radius 1 is 1.43 bits per heavy atom. The first kappa shape index (κ1) is 16.9. The largest absolute Gasteiger partial charge is 0.481 e. The summed E-state index contributed by atoms with van der Waals surface area (Å²) in [6, 6.07) is -0.780. The number of amides is 2. The molecule has 0 aromatic carbocycles. The average Bonchev–Trinajstić information content (AvgIpc) is 2.85. The van der Waals surface area contributed by atoms with Crippen LogP contribution in [0.3, 0.4) is 0 Å². The smallest absolute Gasteiger partial charge is 0.315 e. The summed E-state index contributed by atoms with van der Waals surface area (Å²) in [5.74, 6) is -0.156. The highest BCUT2D eigenvalue weighted by Gasteiger charge is 2.28. The Balaban J connectivity index is 2.31. The van der Waals surface area contributed by atoms with Gasteiger partial charge in [-0.1, -0.05) is 20.8 Å². The highest BCUT2D eigenvalue weighted by atomic mass is 16.4. The number of rotatable bonds is 7. The predicted molar refractivity (Wildman–Crippen MR) is 76.7 cm³/mol. The summed E-state index contributed by atoms with van der Waals surface area (Å²) >= 11 is 0. The molecule has 1 heterocycles. The standard InChI is InChI=1S/C13H23N5O3/c1-13(2,3)9(7-11(19)20)17-12(21)14-6-4-5-10-15-8-16-18-10/h8-9H,4-7H2,1-3H3,(H,19,20)(H2,14,17,21)(H,15,16,18). The molecular weight excluding hydrogens is 274 g/mol. The molecule has 8 heteroatoms. The number of H-pyrrole nitrogens is 1. The minimum absolute atomic E-state index is 0.102. The first-order valence-electron chi connectivity index (χ1n) is 6.89. The molecule has 1 rings (SSSR count). The third-order valence-corrected chi connectivity index (χ3v) is 3.07.